The van der Waals surface area contributed by atoms with E-state index in [9.17, 15) is 13.6 Å². The second-order valence-electron chi connectivity index (χ2n) is 5.33. The maximum absolute atomic E-state index is 13.3. The number of rotatable bonds is 6. The number of nitrogens with one attached hydrogen (secondary N) is 1. The summed E-state index contributed by atoms with van der Waals surface area (Å²) >= 11 is 0. The van der Waals surface area contributed by atoms with Crippen LogP contribution in [0, 0.1) is 17.0 Å². The van der Waals surface area contributed by atoms with Gasteiger partial charge in [0.1, 0.15) is 11.6 Å². The molecule has 0 saturated heterocycles. The first-order chi connectivity index (χ1) is 8.84. The standard InChI is InChI=1S/C14H19F2NO2/c1-14(2,5-6-18)9-17-13(19)8-10-7-11(15)3-4-12(10)16/h3-4,7,18H,5-6,8-9H2,1-2H3,(H,17,19). The van der Waals surface area contributed by atoms with E-state index in [4.69, 9.17) is 5.11 Å². The van der Waals surface area contributed by atoms with E-state index in [2.05, 4.69) is 5.32 Å². The molecule has 5 heteroatoms. The summed E-state index contributed by atoms with van der Waals surface area (Å²) in [6, 6.07) is 3.04. The topological polar surface area (TPSA) is 49.3 Å². The van der Waals surface area contributed by atoms with E-state index in [1.165, 1.54) is 0 Å². The van der Waals surface area contributed by atoms with Gasteiger partial charge in [-0.1, -0.05) is 13.8 Å². The number of carbonyl (C=O) groups is 1. The zero-order chi connectivity index (χ0) is 14.5. The Morgan fingerprint density at radius 2 is 2.05 bits per heavy atom. The Hall–Kier alpha value is -1.49. The van der Waals surface area contributed by atoms with Gasteiger partial charge in [-0.2, -0.15) is 0 Å². The van der Waals surface area contributed by atoms with Crippen LogP contribution in [0.15, 0.2) is 18.2 Å². The first kappa shape index (κ1) is 15.6. The highest BCUT2D eigenvalue weighted by molar-refractivity contribution is 5.78. The Kier molecular flexibility index (Phi) is 5.42. The Morgan fingerprint density at radius 3 is 2.68 bits per heavy atom. The Bertz CT molecular complexity index is 447. The van der Waals surface area contributed by atoms with Crippen molar-refractivity contribution in [3.05, 3.63) is 35.4 Å². The van der Waals surface area contributed by atoms with E-state index in [1.54, 1.807) is 0 Å². The number of hydrogen-bond donors (Lipinski definition) is 2. The molecule has 1 amide bonds. The van der Waals surface area contributed by atoms with E-state index in [0.29, 0.717) is 13.0 Å². The minimum Gasteiger partial charge on any atom is -0.396 e. The molecular formula is C14H19F2NO2. The summed E-state index contributed by atoms with van der Waals surface area (Å²) in [5.41, 5.74) is -0.192. The van der Waals surface area contributed by atoms with Crippen molar-refractivity contribution in [1.29, 1.82) is 0 Å². The maximum Gasteiger partial charge on any atom is 0.224 e. The average Bonchev–Trinajstić information content (AvgIpc) is 2.31. The molecule has 19 heavy (non-hydrogen) atoms. The second-order valence-corrected chi connectivity index (χ2v) is 5.33. The molecule has 1 rings (SSSR count). The van der Waals surface area contributed by atoms with Crippen LogP contribution in [0.2, 0.25) is 0 Å². The molecule has 0 aliphatic rings. The second kappa shape index (κ2) is 6.61. The lowest BCUT2D eigenvalue weighted by atomic mass is 9.89. The van der Waals surface area contributed by atoms with E-state index < -0.39 is 11.6 Å². The fraction of sp³-hybridized carbons (Fsp3) is 0.500. The summed E-state index contributed by atoms with van der Waals surface area (Å²) in [5, 5.41) is 11.5. The van der Waals surface area contributed by atoms with Crippen molar-refractivity contribution in [2.45, 2.75) is 26.7 Å². The fourth-order valence-electron chi connectivity index (χ4n) is 1.64. The minimum absolute atomic E-state index is 0.0393. The number of carbonyl (C=O) groups excluding carboxylic acids is 1. The number of aliphatic hydroxyl groups is 1. The van der Waals surface area contributed by atoms with Gasteiger partial charge in [-0.15, -0.1) is 0 Å². The summed E-state index contributed by atoms with van der Waals surface area (Å²) in [5.74, 6) is -1.52. The third-order valence-electron chi connectivity index (χ3n) is 2.91. The molecule has 0 unspecified atom stereocenters. The summed E-state index contributed by atoms with van der Waals surface area (Å²) in [6.45, 7) is 4.24. The highest BCUT2D eigenvalue weighted by atomic mass is 19.1. The molecule has 0 fully saturated rings. The van der Waals surface area contributed by atoms with Crippen molar-refractivity contribution in [1.82, 2.24) is 5.32 Å². The van der Waals surface area contributed by atoms with Crippen LogP contribution < -0.4 is 5.32 Å². The predicted molar refractivity (Wildman–Crippen MR) is 68.6 cm³/mol. The molecule has 0 heterocycles. The quantitative estimate of drug-likeness (QED) is 0.831. The zero-order valence-electron chi connectivity index (χ0n) is 11.2. The number of aliphatic hydroxyl groups excluding tert-OH is 1. The molecule has 1 aromatic rings. The van der Waals surface area contributed by atoms with Gasteiger partial charge >= 0.3 is 0 Å². The van der Waals surface area contributed by atoms with Gasteiger partial charge in [0, 0.05) is 18.7 Å². The maximum atomic E-state index is 13.3. The van der Waals surface area contributed by atoms with Crippen molar-refractivity contribution < 1.29 is 18.7 Å². The number of halogens is 2. The number of benzene rings is 1. The molecule has 0 aliphatic carbocycles. The molecule has 1 aromatic carbocycles. The van der Waals surface area contributed by atoms with Crippen LogP contribution in [0.4, 0.5) is 8.78 Å². The molecule has 0 aliphatic heterocycles. The van der Waals surface area contributed by atoms with Crippen molar-refractivity contribution in [3.63, 3.8) is 0 Å². The van der Waals surface area contributed by atoms with Gasteiger partial charge in [-0.05, 0) is 30.0 Å². The van der Waals surface area contributed by atoms with Crippen molar-refractivity contribution >= 4 is 5.91 Å². The van der Waals surface area contributed by atoms with Crippen LogP contribution >= 0.6 is 0 Å². The summed E-state index contributed by atoms with van der Waals surface area (Å²) in [7, 11) is 0. The Labute approximate surface area is 111 Å². The van der Waals surface area contributed by atoms with Crippen molar-refractivity contribution in [3.8, 4) is 0 Å². The molecule has 2 N–H and O–H groups in total. The highest BCUT2D eigenvalue weighted by Crippen LogP contribution is 2.18. The lowest BCUT2D eigenvalue weighted by Crippen LogP contribution is -2.35. The van der Waals surface area contributed by atoms with Gasteiger partial charge < -0.3 is 10.4 Å². The third kappa shape index (κ3) is 5.34. The minimum atomic E-state index is -0.592. The molecule has 106 valence electrons. The summed E-state index contributed by atoms with van der Waals surface area (Å²) in [4.78, 5) is 11.7. The van der Waals surface area contributed by atoms with Crippen LogP contribution in [0.1, 0.15) is 25.8 Å². The lowest BCUT2D eigenvalue weighted by molar-refractivity contribution is -0.121. The molecule has 0 radical (unpaired) electrons. The molecule has 0 bridgehead atoms. The molecule has 0 aromatic heterocycles. The number of amides is 1. The largest absolute Gasteiger partial charge is 0.396 e. The van der Waals surface area contributed by atoms with Crippen LogP contribution in [-0.4, -0.2) is 24.2 Å². The third-order valence-corrected chi connectivity index (χ3v) is 2.91. The molecule has 0 spiro atoms. The molecule has 0 saturated carbocycles. The number of hydrogen-bond acceptors (Lipinski definition) is 2. The van der Waals surface area contributed by atoms with E-state index in [0.717, 1.165) is 18.2 Å². The van der Waals surface area contributed by atoms with Crippen molar-refractivity contribution in [2.75, 3.05) is 13.2 Å². The predicted octanol–water partition coefficient (Wildman–Crippen LogP) is 2.03. The van der Waals surface area contributed by atoms with E-state index in [-0.39, 0.29) is 29.9 Å². The van der Waals surface area contributed by atoms with Crippen LogP contribution in [0.25, 0.3) is 0 Å². The van der Waals surface area contributed by atoms with Gasteiger partial charge in [0.25, 0.3) is 0 Å². The lowest BCUT2D eigenvalue weighted by Gasteiger charge is -2.23. The fourth-order valence-corrected chi connectivity index (χ4v) is 1.64. The SMILES string of the molecule is CC(C)(CCO)CNC(=O)Cc1cc(F)ccc1F. The molecule has 3 nitrogen and oxygen atoms in total. The highest BCUT2D eigenvalue weighted by Gasteiger charge is 2.18. The van der Waals surface area contributed by atoms with Gasteiger partial charge in [0.05, 0.1) is 6.42 Å². The van der Waals surface area contributed by atoms with Gasteiger partial charge in [0.15, 0.2) is 0 Å². The molecule has 0 atom stereocenters. The Balaban J connectivity index is 2.54. The van der Waals surface area contributed by atoms with Crippen molar-refractivity contribution in [2.24, 2.45) is 5.41 Å². The van der Waals surface area contributed by atoms with Crippen LogP contribution in [0.3, 0.4) is 0 Å². The van der Waals surface area contributed by atoms with Crippen LogP contribution in [-0.2, 0) is 11.2 Å². The first-order valence-electron chi connectivity index (χ1n) is 6.15. The average molecular weight is 271 g/mol. The first-order valence-corrected chi connectivity index (χ1v) is 6.15. The van der Waals surface area contributed by atoms with Gasteiger partial charge in [-0.3, -0.25) is 4.79 Å². The van der Waals surface area contributed by atoms with E-state index >= 15 is 0 Å². The smallest absolute Gasteiger partial charge is 0.224 e. The van der Waals surface area contributed by atoms with Gasteiger partial charge in [0.2, 0.25) is 5.91 Å². The zero-order valence-corrected chi connectivity index (χ0v) is 11.2. The van der Waals surface area contributed by atoms with Crippen LogP contribution in [0.5, 0.6) is 0 Å². The normalized spacial score (nSPS) is 11.4. The van der Waals surface area contributed by atoms with Gasteiger partial charge in [-0.25, -0.2) is 8.78 Å². The molecular weight excluding hydrogens is 252 g/mol. The van der Waals surface area contributed by atoms with E-state index in [1.807, 2.05) is 13.8 Å². The summed E-state index contributed by atoms with van der Waals surface area (Å²) < 4.78 is 26.3. The summed E-state index contributed by atoms with van der Waals surface area (Å²) in [6.07, 6.45) is 0.362. The monoisotopic (exact) mass is 271 g/mol. The Morgan fingerprint density at radius 1 is 1.37 bits per heavy atom.